The van der Waals surface area contributed by atoms with Crippen LogP contribution >= 0.6 is 0 Å². The number of benzene rings is 4. The van der Waals surface area contributed by atoms with Crippen molar-refractivity contribution in [2.24, 2.45) is 5.73 Å². The minimum absolute atomic E-state index is 0.0171. The van der Waals surface area contributed by atoms with E-state index in [0.717, 1.165) is 0 Å². The van der Waals surface area contributed by atoms with Crippen molar-refractivity contribution in [3.63, 3.8) is 0 Å². The van der Waals surface area contributed by atoms with Crippen molar-refractivity contribution >= 4 is 5.97 Å². The number of hydrogen-bond acceptors (Lipinski definition) is 7. The van der Waals surface area contributed by atoms with E-state index in [1.165, 1.54) is 13.2 Å². The first-order chi connectivity index (χ1) is 19.0. The van der Waals surface area contributed by atoms with Crippen LogP contribution in [0.2, 0.25) is 0 Å². The summed E-state index contributed by atoms with van der Waals surface area (Å²) in [6, 6.07) is 27.3. The summed E-state index contributed by atoms with van der Waals surface area (Å²) in [7, 11) is 1.50. The predicted molar refractivity (Wildman–Crippen MR) is 141 cm³/mol. The summed E-state index contributed by atoms with van der Waals surface area (Å²) in [6.07, 6.45) is 0. The molecule has 8 heteroatoms. The van der Waals surface area contributed by atoms with Crippen LogP contribution in [0.1, 0.15) is 33.0 Å². The Morgan fingerprint density at radius 2 is 1.77 bits per heavy atom. The van der Waals surface area contributed by atoms with E-state index in [4.69, 9.17) is 24.7 Å². The maximum Gasteiger partial charge on any atom is 0.343 e. The Balaban J connectivity index is 1.44. The van der Waals surface area contributed by atoms with Gasteiger partial charge in [0.1, 0.15) is 35.6 Å². The smallest absolute Gasteiger partial charge is 0.343 e. The van der Waals surface area contributed by atoms with Crippen LogP contribution in [-0.4, -0.2) is 13.1 Å². The molecule has 1 unspecified atom stereocenters. The van der Waals surface area contributed by atoms with E-state index in [0.29, 0.717) is 39.5 Å². The Kier molecular flexibility index (Phi) is 7.15. The Bertz CT molecular complexity index is 1610. The quantitative estimate of drug-likeness (QED) is 0.240. The summed E-state index contributed by atoms with van der Waals surface area (Å²) in [4.78, 5) is 12.5. The van der Waals surface area contributed by atoms with Gasteiger partial charge in [0.25, 0.3) is 0 Å². The van der Waals surface area contributed by atoms with Gasteiger partial charge in [0.15, 0.2) is 11.5 Å². The molecule has 0 aliphatic carbocycles. The van der Waals surface area contributed by atoms with E-state index in [1.54, 1.807) is 78.9 Å². The van der Waals surface area contributed by atoms with Gasteiger partial charge in [-0.15, -0.1) is 0 Å². The normalized spacial score (nSPS) is 14.0. The molecule has 39 heavy (non-hydrogen) atoms. The zero-order valence-electron chi connectivity index (χ0n) is 20.9. The first-order valence-electron chi connectivity index (χ1n) is 12.0. The molecule has 7 nitrogen and oxygen atoms in total. The van der Waals surface area contributed by atoms with Crippen LogP contribution < -0.4 is 24.7 Å². The van der Waals surface area contributed by atoms with Crippen LogP contribution in [0.4, 0.5) is 4.39 Å². The van der Waals surface area contributed by atoms with Crippen LogP contribution in [-0.2, 0) is 6.61 Å². The number of rotatable bonds is 7. The molecule has 0 aromatic heterocycles. The van der Waals surface area contributed by atoms with Crippen LogP contribution in [0.15, 0.2) is 102 Å². The monoisotopic (exact) mass is 522 g/mol. The number of ether oxygens (including phenoxy) is 4. The van der Waals surface area contributed by atoms with Crippen molar-refractivity contribution in [2.75, 3.05) is 7.11 Å². The second kappa shape index (κ2) is 11.0. The van der Waals surface area contributed by atoms with Crippen LogP contribution in [0.5, 0.6) is 23.0 Å². The molecule has 0 radical (unpaired) electrons. The van der Waals surface area contributed by atoms with Crippen molar-refractivity contribution in [1.29, 1.82) is 5.26 Å². The third-order valence-electron chi connectivity index (χ3n) is 6.27. The summed E-state index contributed by atoms with van der Waals surface area (Å²) in [5, 5.41) is 9.91. The Hall–Kier alpha value is -5.29. The molecule has 4 aromatic carbocycles. The van der Waals surface area contributed by atoms with E-state index < -0.39 is 11.9 Å². The van der Waals surface area contributed by atoms with Crippen molar-refractivity contribution in [1.82, 2.24) is 0 Å². The number of esters is 1. The van der Waals surface area contributed by atoms with Crippen LogP contribution in [0, 0.1) is 17.1 Å². The fraction of sp³-hybridized carbons (Fsp3) is 0.0968. The van der Waals surface area contributed by atoms with Gasteiger partial charge < -0.3 is 24.7 Å². The van der Waals surface area contributed by atoms with Crippen LogP contribution in [0.25, 0.3) is 0 Å². The number of carbonyl (C=O) groups is 1. The summed E-state index contributed by atoms with van der Waals surface area (Å²) >= 11 is 0. The molecule has 0 bridgehead atoms. The first kappa shape index (κ1) is 25.4. The van der Waals surface area contributed by atoms with Crippen molar-refractivity contribution in [3.8, 4) is 29.1 Å². The summed E-state index contributed by atoms with van der Waals surface area (Å²) in [5.41, 5.74) is 8.53. The third-order valence-corrected chi connectivity index (χ3v) is 6.27. The average molecular weight is 523 g/mol. The number of allylic oxidation sites excluding steroid dienone is 1. The number of fused-ring (bicyclic) bond motifs is 1. The topological polar surface area (TPSA) is 104 Å². The molecule has 194 valence electrons. The Labute approximate surface area is 224 Å². The second-order valence-corrected chi connectivity index (χ2v) is 8.67. The Morgan fingerprint density at radius 3 is 2.51 bits per heavy atom. The number of nitrogens with two attached hydrogens (primary N) is 1. The highest BCUT2D eigenvalue weighted by Crippen LogP contribution is 2.45. The van der Waals surface area contributed by atoms with Crippen molar-refractivity contribution in [3.05, 3.63) is 131 Å². The number of nitrogens with zero attached hydrogens (tertiary/aromatic N) is 1. The lowest BCUT2D eigenvalue weighted by molar-refractivity contribution is 0.0734. The van der Waals surface area contributed by atoms with E-state index in [9.17, 15) is 14.4 Å². The maximum atomic E-state index is 14.0. The zero-order chi connectivity index (χ0) is 27.4. The van der Waals surface area contributed by atoms with Crippen molar-refractivity contribution < 1.29 is 28.1 Å². The maximum absolute atomic E-state index is 14.0. The fourth-order valence-electron chi connectivity index (χ4n) is 4.34. The van der Waals surface area contributed by atoms with Gasteiger partial charge >= 0.3 is 5.97 Å². The third kappa shape index (κ3) is 5.24. The van der Waals surface area contributed by atoms with Gasteiger partial charge in [-0.1, -0.05) is 48.5 Å². The zero-order valence-corrected chi connectivity index (χ0v) is 20.9. The molecule has 1 aliphatic rings. The largest absolute Gasteiger partial charge is 0.493 e. The lowest BCUT2D eigenvalue weighted by Gasteiger charge is -2.27. The molecule has 4 aromatic rings. The molecule has 2 N–H and O–H groups in total. The van der Waals surface area contributed by atoms with Gasteiger partial charge in [0.05, 0.1) is 18.6 Å². The predicted octanol–water partition coefficient (Wildman–Crippen LogP) is 5.85. The number of carbonyl (C=O) groups excluding carboxylic acids is 1. The first-order valence-corrected chi connectivity index (χ1v) is 12.0. The highest BCUT2D eigenvalue weighted by atomic mass is 19.1. The Morgan fingerprint density at radius 1 is 1.00 bits per heavy atom. The molecule has 0 saturated heterocycles. The SMILES string of the molecule is COc1cc(C2C(C#N)=C(N)Oc3cc(OC(=O)c4ccccc4)ccc32)ccc1OCc1ccccc1F. The van der Waals surface area contributed by atoms with E-state index in [1.807, 2.05) is 6.07 Å². The van der Waals surface area contributed by atoms with Gasteiger partial charge in [-0.25, -0.2) is 9.18 Å². The van der Waals surface area contributed by atoms with Crippen LogP contribution in [0.3, 0.4) is 0 Å². The van der Waals surface area contributed by atoms with Gasteiger partial charge in [-0.3, -0.25) is 0 Å². The molecular weight excluding hydrogens is 499 g/mol. The second-order valence-electron chi connectivity index (χ2n) is 8.67. The van der Waals surface area contributed by atoms with E-state index in [-0.39, 0.29) is 29.6 Å². The molecule has 0 saturated carbocycles. The number of hydrogen-bond donors (Lipinski definition) is 1. The van der Waals surface area contributed by atoms with Crippen molar-refractivity contribution in [2.45, 2.75) is 12.5 Å². The molecule has 1 aliphatic heterocycles. The average Bonchev–Trinajstić information content (AvgIpc) is 2.96. The minimum Gasteiger partial charge on any atom is -0.493 e. The summed E-state index contributed by atoms with van der Waals surface area (Å²) < 4.78 is 36.7. The number of nitriles is 1. The van der Waals surface area contributed by atoms with Gasteiger partial charge in [-0.2, -0.15) is 5.26 Å². The fourth-order valence-corrected chi connectivity index (χ4v) is 4.34. The lowest BCUT2D eigenvalue weighted by Crippen LogP contribution is -2.21. The standard InChI is InChI=1S/C31H23FN2O5/c1-36-28-15-20(11-14-26(28)37-18-21-9-5-6-10-25(21)32)29-23-13-12-22(16-27(23)39-30(34)24(29)17-33)38-31(35)19-7-3-2-4-8-19/h2-16,29H,18,34H2,1H3. The molecular formula is C31H23FN2O5. The summed E-state index contributed by atoms with van der Waals surface area (Å²) in [6.45, 7) is 0.0171. The van der Waals surface area contributed by atoms with E-state index in [2.05, 4.69) is 6.07 Å². The molecule has 1 atom stereocenters. The minimum atomic E-state index is -0.577. The number of halogens is 1. The molecule has 0 amide bonds. The lowest BCUT2D eigenvalue weighted by atomic mass is 9.83. The highest BCUT2D eigenvalue weighted by Gasteiger charge is 2.32. The van der Waals surface area contributed by atoms with Gasteiger partial charge in [0.2, 0.25) is 5.88 Å². The molecule has 0 fully saturated rings. The number of methoxy groups -OCH3 is 1. The van der Waals surface area contributed by atoms with Gasteiger partial charge in [-0.05, 0) is 42.0 Å². The van der Waals surface area contributed by atoms with Gasteiger partial charge in [0, 0.05) is 17.2 Å². The molecule has 5 rings (SSSR count). The molecule has 0 spiro atoms. The van der Waals surface area contributed by atoms with E-state index >= 15 is 0 Å². The summed E-state index contributed by atoms with van der Waals surface area (Å²) in [5.74, 6) is -0.0679. The highest BCUT2D eigenvalue weighted by molar-refractivity contribution is 5.91. The molecule has 1 heterocycles.